The Morgan fingerprint density at radius 2 is 2.16 bits per heavy atom. The molecule has 0 radical (unpaired) electrons. The fourth-order valence-corrected chi connectivity index (χ4v) is 1.75. The lowest BCUT2D eigenvalue weighted by Crippen LogP contribution is -2.43. The molecular formula is C9H13N5O4S. The minimum Gasteiger partial charge on any atom is -0.480 e. The highest BCUT2D eigenvalue weighted by atomic mass is 32.1. The first kappa shape index (κ1) is 14.8. The van der Waals surface area contributed by atoms with E-state index in [9.17, 15) is 14.4 Å². The number of carbonyl (C=O) groups is 3. The van der Waals surface area contributed by atoms with Gasteiger partial charge < -0.3 is 16.2 Å². The minimum atomic E-state index is -1.25. The molecule has 0 aliphatic rings. The van der Waals surface area contributed by atoms with Gasteiger partial charge in [0.15, 0.2) is 0 Å². The van der Waals surface area contributed by atoms with Crippen molar-refractivity contribution in [1.82, 2.24) is 14.7 Å². The van der Waals surface area contributed by atoms with E-state index < -0.39 is 23.9 Å². The molecule has 0 bridgehead atoms. The standard InChI is InChI=1S/C9H13N5O4S/c1-4-11-9(19-14-4)13-8(18)12-5(7(16)17)2-3-6(10)15/h5H,2-3H2,1H3,(H2,10,15)(H,16,17)(H2,11,12,13,14,18)/t5-/m1/s1. The zero-order valence-corrected chi connectivity index (χ0v) is 10.9. The molecule has 0 aromatic carbocycles. The van der Waals surface area contributed by atoms with Gasteiger partial charge in [0.25, 0.3) is 0 Å². The van der Waals surface area contributed by atoms with Crippen LogP contribution in [-0.4, -0.2) is 38.4 Å². The maximum Gasteiger partial charge on any atom is 0.326 e. The highest BCUT2D eigenvalue weighted by Gasteiger charge is 2.20. The average molecular weight is 287 g/mol. The Labute approximate surface area is 112 Å². The van der Waals surface area contributed by atoms with Gasteiger partial charge in [-0.25, -0.2) is 14.6 Å². The molecule has 1 rings (SSSR count). The Hall–Kier alpha value is -2.23. The van der Waals surface area contributed by atoms with Crippen LogP contribution in [-0.2, 0) is 9.59 Å². The molecule has 9 nitrogen and oxygen atoms in total. The molecule has 0 aliphatic carbocycles. The third kappa shape index (κ3) is 5.29. The number of rotatable bonds is 6. The summed E-state index contributed by atoms with van der Waals surface area (Å²) >= 11 is 0.977. The number of primary amides is 1. The maximum absolute atomic E-state index is 11.5. The summed E-state index contributed by atoms with van der Waals surface area (Å²) in [5.74, 6) is -1.37. The summed E-state index contributed by atoms with van der Waals surface area (Å²) in [5, 5.41) is 13.7. The number of aromatic nitrogens is 2. The molecule has 5 N–H and O–H groups in total. The minimum absolute atomic E-state index is 0.0762. The van der Waals surface area contributed by atoms with Crippen molar-refractivity contribution in [2.24, 2.45) is 5.73 Å². The van der Waals surface area contributed by atoms with Crippen LogP contribution in [0.2, 0.25) is 0 Å². The van der Waals surface area contributed by atoms with E-state index in [0.29, 0.717) is 5.82 Å². The van der Waals surface area contributed by atoms with E-state index in [1.165, 1.54) is 0 Å². The van der Waals surface area contributed by atoms with E-state index in [1.807, 2.05) is 0 Å². The summed E-state index contributed by atoms with van der Waals surface area (Å²) in [5.41, 5.74) is 4.92. The van der Waals surface area contributed by atoms with Gasteiger partial charge >= 0.3 is 12.0 Å². The second-order valence-corrected chi connectivity index (χ2v) is 4.39. The maximum atomic E-state index is 11.5. The molecule has 3 amide bonds. The van der Waals surface area contributed by atoms with Crippen LogP contribution in [0, 0.1) is 6.92 Å². The zero-order chi connectivity index (χ0) is 14.4. The summed E-state index contributed by atoms with van der Waals surface area (Å²) in [4.78, 5) is 36.9. The Morgan fingerprint density at radius 1 is 1.47 bits per heavy atom. The fraction of sp³-hybridized carbons (Fsp3) is 0.444. The summed E-state index contributed by atoms with van der Waals surface area (Å²) in [6.07, 6.45) is -0.206. The number of hydrogen-bond donors (Lipinski definition) is 4. The highest BCUT2D eigenvalue weighted by molar-refractivity contribution is 7.09. The zero-order valence-electron chi connectivity index (χ0n) is 10.0. The SMILES string of the molecule is Cc1nsc(NC(=O)N[C@H](CCC(N)=O)C(=O)O)n1. The number of hydrogen-bond acceptors (Lipinski definition) is 6. The number of anilines is 1. The van der Waals surface area contributed by atoms with E-state index in [2.05, 4.69) is 20.0 Å². The fourth-order valence-electron chi connectivity index (χ4n) is 1.18. The Bertz CT molecular complexity index is 489. The number of nitrogens with one attached hydrogen (secondary N) is 2. The number of carboxylic acid groups (broad SMARTS) is 1. The number of carboxylic acids is 1. The number of urea groups is 1. The van der Waals surface area contributed by atoms with Gasteiger partial charge in [-0.1, -0.05) is 0 Å². The van der Waals surface area contributed by atoms with Crippen LogP contribution in [0.3, 0.4) is 0 Å². The van der Waals surface area contributed by atoms with Crippen molar-refractivity contribution in [3.8, 4) is 0 Å². The van der Waals surface area contributed by atoms with Crippen LogP contribution < -0.4 is 16.4 Å². The number of aryl methyl sites for hydroxylation is 1. The number of nitrogens with zero attached hydrogens (tertiary/aromatic N) is 2. The molecular weight excluding hydrogens is 274 g/mol. The molecule has 0 fully saturated rings. The monoisotopic (exact) mass is 287 g/mol. The first-order chi connectivity index (χ1) is 8.88. The Kier molecular flexibility index (Phi) is 5.18. The van der Waals surface area contributed by atoms with Gasteiger partial charge in [0.1, 0.15) is 11.9 Å². The van der Waals surface area contributed by atoms with Gasteiger partial charge in [-0.2, -0.15) is 4.37 Å². The van der Waals surface area contributed by atoms with Crippen LogP contribution in [0.1, 0.15) is 18.7 Å². The van der Waals surface area contributed by atoms with Crippen molar-refractivity contribution in [3.63, 3.8) is 0 Å². The number of aliphatic carboxylic acids is 1. The molecule has 1 aromatic heterocycles. The van der Waals surface area contributed by atoms with E-state index in [4.69, 9.17) is 10.8 Å². The number of amides is 3. The molecule has 0 unspecified atom stereocenters. The average Bonchev–Trinajstić information content (AvgIpc) is 2.69. The number of carbonyl (C=O) groups excluding carboxylic acids is 2. The second-order valence-electron chi connectivity index (χ2n) is 3.64. The van der Waals surface area contributed by atoms with E-state index in [1.54, 1.807) is 6.92 Å². The first-order valence-corrected chi connectivity index (χ1v) is 6.04. The van der Waals surface area contributed by atoms with Gasteiger partial charge in [0.2, 0.25) is 11.0 Å². The largest absolute Gasteiger partial charge is 0.480 e. The highest BCUT2D eigenvalue weighted by Crippen LogP contribution is 2.09. The van der Waals surface area contributed by atoms with E-state index in [0.717, 1.165) is 11.5 Å². The molecule has 0 spiro atoms. The van der Waals surface area contributed by atoms with Crippen molar-refractivity contribution in [1.29, 1.82) is 0 Å². The van der Waals surface area contributed by atoms with Crippen molar-refractivity contribution >= 4 is 34.6 Å². The molecule has 19 heavy (non-hydrogen) atoms. The third-order valence-electron chi connectivity index (χ3n) is 2.03. The predicted molar refractivity (Wildman–Crippen MR) is 66.7 cm³/mol. The lowest BCUT2D eigenvalue weighted by molar-refractivity contribution is -0.139. The summed E-state index contributed by atoms with van der Waals surface area (Å²) in [7, 11) is 0. The lowest BCUT2D eigenvalue weighted by Gasteiger charge is -2.13. The lowest BCUT2D eigenvalue weighted by atomic mass is 10.1. The van der Waals surface area contributed by atoms with Crippen LogP contribution >= 0.6 is 11.5 Å². The van der Waals surface area contributed by atoms with Crippen molar-refractivity contribution < 1.29 is 19.5 Å². The van der Waals surface area contributed by atoms with E-state index in [-0.39, 0.29) is 18.0 Å². The quantitative estimate of drug-likeness (QED) is 0.564. The smallest absolute Gasteiger partial charge is 0.326 e. The topological polar surface area (TPSA) is 147 Å². The molecule has 0 aliphatic heterocycles. The van der Waals surface area contributed by atoms with Crippen LogP contribution in [0.15, 0.2) is 0 Å². The molecule has 1 aromatic rings. The van der Waals surface area contributed by atoms with Crippen molar-refractivity contribution in [3.05, 3.63) is 5.82 Å². The molecule has 1 heterocycles. The van der Waals surface area contributed by atoms with Crippen molar-refractivity contribution in [2.45, 2.75) is 25.8 Å². The Balaban J connectivity index is 2.51. The predicted octanol–water partition coefficient (Wildman–Crippen LogP) is -0.313. The van der Waals surface area contributed by atoms with Gasteiger partial charge in [-0.15, -0.1) is 0 Å². The van der Waals surface area contributed by atoms with Crippen LogP contribution in [0.25, 0.3) is 0 Å². The van der Waals surface area contributed by atoms with Gasteiger partial charge in [-0.3, -0.25) is 10.1 Å². The molecule has 0 saturated heterocycles. The second kappa shape index (κ2) is 6.64. The molecule has 104 valence electrons. The Morgan fingerprint density at radius 3 is 2.63 bits per heavy atom. The molecule has 10 heteroatoms. The summed E-state index contributed by atoms with van der Waals surface area (Å²) in [6, 6.07) is -1.92. The first-order valence-electron chi connectivity index (χ1n) is 5.27. The summed E-state index contributed by atoms with van der Waals surface area (Å²) < 4.78 is 3.85. The van der Waals surface area contributed by atoms with Crippen LogP contribution in [0.4, 0.5) is 9.93 Å². The molecule has 1 atom stereocenters. The van der Waals surface area contributed by atoms with Crippen molar-refractivity contribution in [2.75, 3.05) is 5.32 Å². The molecule has 0 saturated carbocycles. The summed E-state index contributed by atoms with van der Waals surface area (Å²) in [6.45, 7) is 1.66. The normalized spacial score (nSPS) is 11.6. The van der Waals surface area contributed by atoms with E-state index >= 15 is 0 Å². The number of nitrogens with two attached hydrogens (primary N) is 1. The van der Waals surface area contributed by atoms with Gasteiger partial charge in [0.05, 0.1) is 0 Å². The van der Waals surface area contributed by atoms with Gasteiger partial charge in [0, 0.05) is 18.0 Å². The van der Waals surface area contributed by atoms with Crippen LogP contribution in [0.5, 0.6) is 0 Å². The third-order valence-corrected chi connectivity index (χ3v) is 2.75. The van der Waals surface area contributed by atoms with Gasteiger partial charge in [-0.05, 0) is 13.3 Å².